The molecule has 1 aromatic rings. The van der Waals surface area contributed by atoms with E-state index in [9.17, 15) is 8.42 Å². The van der Waals surface area contributed by atoms with Gasteiger partial charge in [0.25, 0.3) is 12.3 Å². The van der Waals surface area contributed by atoms with Gasteiger partial charge in [-0.2, -0.15) is 8.42 Å². The molecule has 1 rings (SSSR count). The minimum atomic E-state index is -4.53. The number of benzene rings is 1. The van der Waals surface area contributed by atoms with Crippen molar-refractivity contribution in [1.29, 1.82) is 0 Å². The maximum Gasteiger partial charge on any atom is 0.446 e. The smallest absolute Gasteiger partial charge is 0.399 e. The first kappa shape index (κ1) is 13.0. The van der Waals surface area contributed by atoms with E-state index in [4.69, 9.17) is 14.0 Å². The Morgan fingerprint density at radius 1 is 1.12 bits per heavy atom. The highest BCUT2D eigenvalue weighted by Gasteiger charge is 2.06. The van der Waals surface area contributed by atoms with Gasteiger partial charge in [0.2, 0.25) is 0 Å². The normalized spacial score (nSPS) is 11.1. The molecular formula is C6H6O8S2. The van der Waals surface area contributed by atoms with Gasteiger partial charge in [-0.3, -0.25) is 4.55 Å². The Bertz CT molecular complexity index is 413. The van der Waals surface area contributed by atoms with Gasteiger partial charge in [0, 0.05) is 0 Å². The van der Waals surface area contributed by atoms with Crippen molar-refractivity contribution in [1.82, 2.24) is 0 Å². The SMILES string of the molecule is O=S(=O)(O)Oc1ccc(OSOOO)cc1. The highest BCUT2D eigenvalue weighted by Crippen LogP contribution is 2.21. The molecule has 0 aliphatic heterocycles. The molecular weight excluding hydrogens is 264 g/mol. The van der Waals surface area contributed by atoms with E-state index in [1.54, 1.807) is 0 Å². The molecule has 90 valence electrons. The molecule has 0 spiro atoms. The first-order valence-electron chi connectivity index (χ1n) is 3.59. The first-order valence-corrected chi connectivity index (χ1v) is 5.63. The zero-order valence-electron chi connectivity index (χ0n) is 7.47. The van der Waals surface area contributed by atoms with Crippen LogP contribution in [0.5, 0.6) is 11.5 Å². The highest BCUT2D eigenvalue weighted by atomic mass is 32.3. The van der Waals surface area contributed by atoms with Crippen molar-refractivity contribution in [3.63, 3.8) is 0 Å². The minimum Gasteiger partial charge on any atom is -0.399 e. The van der Waals surface area contributed by atoms with Crippen LogP contribution in [-0.2, 0) is 19.8 Å². The summed E-state index contributed by atoms with van der Waals surface area (Å²) < 4.78 is 41.9. The van der Waals surface area contributed by atoms with E-state index in [2.05, 4.69) is 13.6 Å². The lowest BCUT2D eigenvalue weighted by molar-refractivity contribution is -0.433. The summed E-state index contributed by atoms with van der Waals surface area (Å²) in [6, 6.07) is 5.16. The van der Waals surface area contributed by atoms with Crippen LogP contribution in [0, 0.1) is 0 Å². The fourth-order valence-corrected chi connectivity index (χ4v) is 1.33. The second-order valence-electron chi connectivity index (χ2n) is 2.28. The fourth-order valence-electron chi connectivity index (χ4n) is 0.738. The maximum absolute atomic E-state index is 10.3. The van der Waals surface area contributed by atoms with Crippen molar-refractivity contribution >= 4 is 22.7 Å². The molecule has 0 heterocycles. The monoisotopic (exact) mass is 270 g/mol. The van der Waals surface area contributed by atoms with Crippen molar-refractivity contribution in [3.8, 4) is 11.5 Å². The molecule has 0 aliphatic rings. The average Bonchev–Trinajstić information content (AvgIpc) is 2.19. The predicted octanol–water partition coefficient (Wildman–Crippen LogP) is 1.23. The first-order chi connectivity index (χ1) is 7.51. The van der Waals surface area contributed by atoms with Crippen molar-refractivity contribution < 1.29 is 36.0 Å². The van der Waals surface area contributed by atoms with Gasteiger partial charge >= 0.3 is 10.4 Å². The summed E-state index contributed by atoms with van der Waals surface area (Å²) in [5.74, 6) is 0.198. The van der Waals surface area contributed by atoms with Crippen LogP contribution in [0.25, 0.3) is 0 Å². The molecule has 2 N–H and O–H groups in total. The molecule has 0 aliphatic carbocycles. The van der Waals surface area contributed by atoms with E-state index in [1.165, 1.54) is 24.3 Å². The summed E-state index contributed by atoms with van der Waals surface area (Å²) in [4.78, 5) is 0. The third-order valence-corrected chi connectivity index (χ3v) is 1.99. The summed E-state index contributed by atoms with van der Waals surface area (Å²) >= 11 is 0.345. The summed E-state index contributed by atoms with van der Waals surface area (Å²) in [7, 11) is -4.53. The maximum atomic E-state index is 10.3. The Labute approximate surface area is 94.9 Å². The van der Waals surface area contributed by atoms with E-state index in [-0.39, 0.29) is 11.5 Å². The van der Waals surface area contributed by atoms with Gasteiger partial charge in [-0.1, -0.05) is 9.37 Å². The lowest BCUT2D eigenvalue weighted by Crippen LogP contribution is -2.06. The third kappa shape index (κ3) is 5.16. The molecule has 0 aromatic heterocycles. The quantitative estimate of drug-likeness (QED) is 0.259. The summed E-state index contributed by atoms with van der Waals surface area (Å²) in [6.07, 6.45) is 0. The van der Waals surface area contributed by atoms with E-state index in [0.29, 0.717) is 12.3 Å². The van der Waals surface area contributed by atoms with Gasteiger partial charge in [0.1, 0.15) is 11.5 Å². The summed E-state index contributed by atoms with van der Waals surface area (Å²) in [5, 5.41) is 11.0. The zero-order valence-corrected chi connectivity index (χ0v) is 9.10. The molecule has 0 fully saturated rings. The molecule has 10 heteroatoms. The minimum absolute atomic E-state index is 0.0841. The topological polar surface area (TPSA) is 112 Å². The van der Waals surface area contributed by atoms with Crippen LogP contribution in [-0.4, -0.2) is 18.2 Å². The predicted molar refractivity (Wildman–Crippen MR) is 51.6 cm³/mol. The third-order valence-electron chi connectivity index (χ3n) is 1.21. The van der Waals surface area contributed by atoms with E-state index in [0.717, 1.165) is 0 Å². The second-order valence-corrected chi connectivity index (χ2v) is 3.74. The van der Waals surface area contributed by atoms with Gasteiger partial charge in [0.05, 0.1) is 0 Å². The fraction of sp³-hybridized carbons (Fsp3) is 0. The van der Waals surface area contributed by atoms with Crippen molar-refractivity contribution in [2.75, 3.05) is 0 Å². The van der Waals surface area contributed by atoms with Crippen LogP contribution in [0.2, 0.25) is 0 Å². The molecule has 8 nitrogen and oxygen atoms in total. The summed E-state index contributed by atoms with van der Waals surface area (Å²) in [6.45, 7) is 0. The largest absolute Gasteiger partial charge is 0.446 e. The van der Waals surface area contributed by atoms with Crippen LogP contribution >= 0.6 is 12.3 Å². The molecule has 1 aromatic carbocycles. The van der Waals surface area contributed by atoms with Crippen LogP contribution < -0.4 is 8.37 Å². The Morgan fingerprint density at radius 2 is 1.69 bits per heavy atom. The standard InChI is InChI=1S/C6H6O8S2/c7-13-14-15-11-5-1-3-6(4-2-5)12-16(8,9)10/h1-4,7H,(H,8,9,10). The van der Waals surface area contributed by atoms with Crippen LogP contribution in [0.15, 0.2) is 24.3 Å². The van der Waals surface area contributed by atoms with Gasteiger partial charge in [0.15, 0.2) is 0 Å². The zero-order chi connectivity index (χ0) is 12.0. The van der Waals surface area contributed by atoms with Crippen molar-refractivity contribution in [2.45, 2.75) is 0 Å². The lowest BCUT2D eigenvalue weighted by atomic mass is 10.3. The molecule has 0 radical (unpaired) electrons. The Kier molecular flexibility index (Phi) is 4.79. The second kappa shape index (κ2) is 5.89. The van der Waals surface area contributed by atoms with Gasteiger partial charge < -0.3 is 8.37 Å². The van der Waals surface area contributed by atoms with E-state index < -0.39 is 10.4 Å². The van der Waals surface area contributed by atoms with Gasteiger partial charge in [-0.15, -0.1) is 0 Å². The van der Waals surface area contributed by atoms with Crippen LogP contribution in [0.1, 0.15) is 0 Å². The van der Waals surface area contributed by atoms with Crippen LogP contribution in [0.4, 0.5) is 0 Å². The molecule has 0 unspecified atom stereocenters. The van der Waals surface area contributed by atoms with Gasteiger partial charge in [-0.25, -0.2) is 5.26 Å². The van der Waals surface area contributed by atoms with E-state index in [1.807, 2.05) is 0 Å². The number of hydrogen-bond acceptors (Lipinski definition) is 8. The Hall–Kier alpha value is -1.04. The molecule has 0 atom stereocenters. The van der Waals surface area contributed by atoms with Crippen LogP contribution in [0.3, 0.4) is 0 Å². The molecule has 0 amide bonds. The Balaban J connectivity index is 2.54. The Morgan fingerprint density at radius 3 is 2.19 bits per heavy atom. The molecule has 0 saturated heterocycles. The number of hydrogen-bond donors (Lipinski definition) is 2. The lowest BCUT2D eigenvalue weighted by Gasteiger charge is -2.03. The summed E-state index contributed by atoms with van der Waals surface area (Å²) in [5.41, 5.74) is 0. The van der Waals surface area contributed by atoms with Crippen molar-refractivity contribution in [3.05, 3.63) is 24.3 Å². The average molecular weight is 270 g/mol. The number of rotatable bonds is 6. The highest BCUT2D eigenvalue weighted by molar-refractivity contribution is 7.90. The molecule has 16 heavy (non-hydrogen) atoms. The van der Waals surface area contributed by atoms with Gasteiger partial charge in [-0.05, 0) is 24.3 Å². The molecule has 0 saturated carbocycles. The van der Waals surface area contributed by atoms with E-state index >= 15 is 0 Å². The molecule has 0 bridgehead atoms. The van der Waals surface area contributed by atoms with Crippen molar-refractivity contribution in [2.24, 2.45) is 0 Å².